The average molecular weight is 459 g/mol. The van der Waals surface area contributed by atoms with Gasteiger partial charge in [-0.15, -0.1) is 11.8 Å². The number of carbonyl (C=O) groups is 2. The van der Waals surface area contributed by atoms with E-state index in [9.17, 15) is 9.59 Å². The first-order valence-corrected chi connectivity index (χ1v) is 11.4. The van der Waals surface area contributed by atoms with Crippen LogP contribution in [0.4, 0.5) is 0 Å². The lowest BCUT2D eigenvalue weighted by atomic mass is 10.0. The number of methoxy groups -OCH3 is 2. The molecular formula is C26H22N2O4S. The first-order valence-electron chi connectivity index (χ1n) is 10.2. The molecule has 4 rings (SSSR count). The standard InChI is InChI=1S/C26H22N2O4S/c1-31-25(29)22-23(27-28(24(22)26(30)32-2)20-7-5-4-6-8-20)19-11-9-17(10-12-19)18-13-15-21(33-3)16-14-18/h4-16H,1-3H3. The first kappa shape index (κ1) is 22.4. The quantitative estimate of drug-likeness (QED) is 0.281. The van der Waals surface area contributed by atoms with E-state index >= 15 is 0 Å². The van der Waals surface area contributed by atoms with E-state index in [1.54, 1.807) is 23.9 Å². The van der Waals surface area contributed by atoms with Gasteiger partial charge in [0.1, 0.15) is 11.3 Å². The number of thioether (sulfide) groups is 1. The lowest BCUT2D eigenvalue weighted by Gasteiger charge is -2.07. The summed E-state index contributed by atoms with van der Waals surface area (Å²) in [5.74, 6) is -1.34. The molecule has 0 N–H and O–H groups in total. The number of benzene rings is 3. The third kappa shape index (κ3) is 4.40. The van der Waals surface area contributed by atoms with E-state index in [1.165, 1.54) is 23.8 Å². The van der Waals surface area contributed by atoms with Gasteiger partial charge in [-0.1, -0.05) is 54.6 Å². The molecule has 166 valence electrons. The van der Waals surface area contributed by atoms with E-state index in [4.69, 9.17) is 9.47 Å². The fourth-order valence-corrected chi connectivity index (χ4v) is 3.97. The van der Waals surface area contributed by atoms with E-state index in [0.717, 1.165) is 11.1 Å². The average Bonchev–Trinajstić information content (AvgIpc) is 3.29. The Morgan fingerprint density at radius 1 is 0.758 bits per heavy atom. The number of esters is 2. The molecule has 0 bridgehead atoms. The Morgan fingerprint density at radius 3 is 1.85 bits per heavy atom. The van der Waals surface area contributed by atoms with Gasteiger partial charge >= 0.3 is 11.9 Å². The maximum Gasteiger partial charge on any atom is 0.357 e. The third-order valence-electron chi connectivity index (χ3n) is 5.24. The summed E-state index contributed by atoms with van der Waals surface area (Å²) in [6.07, 6.45) is 2.04. The second kappa shape index (κ2) is 9.75. The summed E-state index contributed by atoms with van der Waals surface area (Å²) < 4.78 is 11.4. The molecule has 1 heterocycles. The van der Waals surface area contributed by atoms with Gasteiger partial charge in [-0.25, -0.2) is 14.3 Å². The Hall–Kier alpha value is -3.84. The number of rotatable bonds is 6. The monoisotopic (exact) mass is 458 g/mol. The lowest BCUT2D eigenvalue weighted by Crippen LogP contribution is -2.15. The summed E-state index contributed by atoms with van der Waals surface area (Å²) in [4.78, 5) is 26.6. The maximum absolute atomic E-state index is 12.8. The van der Waals surface area contributed by atoms with Crippen molar-refractivity contribution in [3.63, 3.8) is 0 Å². The molecule has 7 heteroatoms. The van der Waals surface area contributed by atoms with Crippen LogP contribution in [0, 0.1) is 0 Å². The normalized spacial score (nSPS) is 10.6. The van der Waals surface area contributed by atoms with Crippen molar-refractivity contribution in [1.29, 1.82) is 0 Å². The van der Waals surface area contributed by atoms with E-state index in [2.05, 4.69) is 29.4 Å². The highest BCUT2D eigenvalue weighted by atomic mass is 32.2. The zero-order chi connectivity index (χ0) is 23.4. The Kier molecular flexibility index (Phi) is 6.60. The summed E-state index contributed by atoms with van der Waals surface area (Å²) in [5, 5.41) is 4.63. The molecule has 6 nitrogen and oxygen atoms in total. The lowest BCUT2D eigenvalue weighted by molar-refractivity contribution is 0.0549. The molecule has 4 aromatic rings. The van der Waals surface area contributed by atoms with Crippen molar-refractivity contribution in [1.82, 2.24) is 9.78 Å². The van der Waals surface area contributed by atoms with Crippen LogP contribution in [0.3, 0.4) is 0 Å². The predicted molar refractivity (Wildman–Crippen MR) is 129 cm³/mol. The summed E-state index contributed by atoms with van der Waals surface area (Å²) >= 11 is 1.69. The van der Waals surface area contributed by atoms with E-state index in [1.807, 2.05) is 48.7 Å². The van der Waals surface area contributed by atoms with Crippen molar-refractivity contribution >= 4 is 23.7 Å². The Labute approximate surface area is 196 Å². The van der Waals surface area contributed by atoms with E-state index < -0.39 is 11.9 Å². The van der Waals surface area contributed by atoms with Gasteiger partial charge in [0.25, 0.3) is 0 Å². The van der Waals surface area contributed by atoms with E-state index in [-0.39, 0.29) is 11.3 Å². The zero-order valence-corrected chi connectivity index (χ0v) is 19.3. The number of para-hydroxylation sites is 1. The molecule has 33 heavy (non-hydrogen) atoms. The van der Waals surface area contributed by atoms with Gasteiger partial charge in [0.15, 0.2) is 5.69 Å². The highest BCUT2D eigenvalue weighted by Gasteiger charge is 2.31. The number of hydrogen-bond donors (Lipinski definition) is 0. The van der Waals surface area contributed by atoms with Crippen LogP contribution in [0.25, 0.3) is 28.1 Å². The Morgan fingerprint density at radius 2 is 1.30 bits per heavy atom. The zero-order valence-electron chi connectivity index (χ0n) is 18.4. The topological polar surface area (TPSA) is 70.4 Å². The van der Waals surface area contributed by atoms with Crippen LogP contribution in [-0.4, -0.2) is 42.2 Å². The molecule has 3 aromatic carbocycles. The van der Waals surface area contributed by atoms with Crippen LogP contribution >= 0.6 is 11.8 Å². The van der Waals surface area contributed by atoms with Gasteiger partial charge < -0.3 is 9.47 Å². The number of carbonyl (C=O) groups excluding carboxylic acids is 2. The molecule has 0 saturated heterocycles. The first-order chi connectivity index (χ1) is 16.1. The smallest absolute Gasteiger partial charge is 0.357 e. The Bertz CT molecular complexity index is 1280. The maximum atomic E-state index is 12.8. The number of aromatic nitrogens is 2. The number of ether oxygens (including phenoxy) is 2. The number of nitrogens with zero attached hydrogens (tertiary/aromatic N) is 2. The minimum atomic E-state index is -0.677. The summed E-state index contributed by atoms with van der Waals surface area (Å²) in [5.41, 5.74) is 3.83. The van der Waals surface area contributed by atoms with Crippen LogP contribution in [0.1, 0.15) is 20.8 Å². The molecule has 0 radical (unpaired) electrons. The fourth-order valence-electron chi connectivity index (χ4n) is 3.56. The minimum Gasteiger partial charge on any atom is -0.465 e. The molecule has 0 aliphatic heterocycles. The van der Waals surface area contributed by atoms with Crippen molar-refractivity contribution in [3.8, 4) is 28.1 Å². The molecule has 0 spiro atoms. The van der Waals surface area contributed by atoms with Gasteiger partial charge in [0, 0.05) is 10.5 Å². The van der Waals surface area contributed by atoms with Crippen molar-refractivity contribution in [2.75, 3.05) is 20.5 Å². The largest absolute Gasteiger partial charge is 0.465 e. The SMILES string of the molecule is COC(=O)c1c(-c2ccc(-c3ccc(SC)cc3)cc2)nn(-c2ccccc2)c1C(=O)OC. The van der Waals surface area contributed by atoms with Crippen LogP contribution in [-0.2, 0) is 9.47 Å². The van der Waals surface area contributed by atoms with Crippen LogP contribution in [0.15, 0.2) is 83.8 Å². The molecule has 0 atom stereocenters. The predicted octanol–water partition coefficient (Wildman–Crippen LogP) is 5.50. The molecule has 0 amide bonds. The van der Waals surface area contributed by atoms with Crippen molar-refractivity contribution in [2.45, 2.75) is 4.90 Å². The second-order valence-electron chi connectivity index (χ2n) is 7.11. The van der Waals surface area contributed by atoms with Gasteiger partial charge in [-0.2, -0.15) is 5.10 Å². The molecular weight excluding hydrogens is 436 g/mol. The summed E-state index contributed by atoms with van der Waals surface area (Å²) in [7, 11) is 2.54. The highest BCUT2D eigenvalue weighted by molar-refractivity contribution is 7.98. The van der Waals surface area contributed by atoms with Crippen molar-refractivity contribution in [2.24, 2.45) is 0 Å². The van der Waals surface area contributed by atoms with Gasteiger partial charge in [-0.3, -0.25) is 0 Å². The van der Waals surface area contributed by atoms with Crippen LogP contribution in [0.2, 0.25) is 0 Å². The number of hydrogen-bond acceptors (Lipinski definition) is 6. The van der Waals surface area contributed by atoms with Crippen LogP contribution < -0.4 is 0 Å². The highest BCUT2D eigenvalue weighted by Crippen LogP contribution is 2.31. The molecule has 0 fully saturated rings. The van der Waals surface area contributed by atoms with Crippen molar-refractivity contribution < 1.29 is 19.1 Å². The van der Waals surface area contributed by atoms with Gasteiger partial charge in [-0.05, 0) is 41.6 Å². The van der Waals surface area contributed by atoms with Gasteiger partial charge in [0.05, 0.1) is 19.9 Å². The fraction of sp³-hybridized carbons (Fsp3) is 0.115. The third-order valence-corrected chi connectivity index (χ3v) is 5.98. The Balaban J connectivity index is 1.85. The van der Waals surface area contributed by atoms with E-state index in [0.29, 0.717) is 16.9 Å². The van der Waals surface area contributed by atoms with Crippen LogP contribution in [0.5, 0.6) is 0 Å². The summed E-state index contributed by atoms with van der Waals surface area (Å²) in [6.45, 7) is 0. The molecule has 0 saturated carbocycles. The summed E-state index contributed by atoms with van der Waals surface area (Å²) in [6, 6.07) is 25.1. The minimum absolute atomic E-state index is 0.0160. The molecule has 0 unspecified atom stereocenters. The second-order valence-corrected chi connectivity index (χ2v) is 7.99. The molecule has 0 aliphatic rings. The van der Waals surface area contributed by atoms with Gasteiger partial charge in [0.2, 0.25) is 0 Å². The molecule has 0 aliphatic carbocycles. The van der Waals surface area contributed by atoms with Crippen molar-refractivity contribution in [3.05, 3.63) is 90.1 Å². The molecule has 1 aromatic heterocycles.